The Morgan fingerprint density at radius 1 is 0.500 bits per heavy atom. The van der Waals surface area contributed by atoms with Crippen molar-refractivity contribution in [1.29, 1.82) is 0 Å². The monoisotopic (exact) mass is 490 g/mol. The molecule has 0 amide bonds. The van der Waals surface area contributed by atoms with Crippen molar-refractivity contribution in [3.8, 4) is 22.6 Å². The third-order valence-corrected chi connectivity index (χ3v) is 6.52. The number of rotatable bonds is 11. The zero-order valence-corrected chi connectivity index (χ0v) is 21.3. The van der Waals surface area contributed by atoms with Crippen molar-refractivity contribution >= 4 is 18.1 Å². The zero-order valence-electron chi connectivity index (χ0n) is 19.3. The molecule has 0 aliphatic rings. The second-order valence-corrected chi connectivity index (χ2v) is 9.11. The molecule has 0 radical (unpaired) electrons. The minimum atomic E-state index is -0.0721. The highest BCUT2D eigenvalue weighted by atomic mass is 31.1. The minimum absolute atomic E-state index is 0.0721. The van der Waals surface area contributed by atoms with E-state index in [1.54, 1.807) is 0 Å². The molecule has 0 aliphatic heterocycles. The van der Waals surface area contributed by atoms with E-state index < -0.39 is 0 Å². The molecule has 2 unspecified atom stereocenters. The van der Waals surface area contributed by atoms with E-state index in [9.17, 15) is 0 Å². The van der Waals surface area contributed by atoms with Gasteiger partial charge < -0.3 is 18.1 Å². The molecule has 174 valence electrons. The minimum Gasteiger partial charge on any atom is -0.449 e. The molecular formula is C28H28O4P2. The van der Waals surface area contributed by atoms with Crippen molar-refractivity contribution in [1.82, 2.24) is 0 Å². The van der Waals surface area contributed by atoms with Gasteiger partial charge in [-0.2, -0.15) is 0 Å². The van der Waals surface area contributed by atoms with Gasteiger partial charge in [-0.25, -0.2) is 0 Å². The van der Waals surface area contributed by atoms with Crippen LogP contribution in [0.3, 0.4) is 0 Å². The van der Waals surface area contributed by atoms with Gasteiger partial charge in [0.05, 0.1) is 13.2 Å². The predicted octanol–water partition coefficient (Wildman–Crippen LogP) is 8.18. The first-order valence-electron chi connectivity index (χ1n) is 11.1. The lowest BCUT2D eigenvalue weighted by Gasteiger charge is -2.15. The third-order valence-electron chi connectivity index (χ3n) is 5.39. The Bertz CT molecular complexity index is 1120. The van der Waals surface area contributed by atoms with Crippen LogP contribution < -0.4 is 9.05 Å². The van der Waals surface area contributed by atoms with Crippen LogP contribution >= 0.6 is 18.1 Å². The summed E-state index contributed by atoms with van der Waals surface area (Å²) in [5.74, 6) is 1.70. The van der Waals surface area contributed by atoms with Crippen LogP contribution in [0.25, 0.3) is 11.1 Å². The second kappa shape index (κ2) is 12.6. The summed E-state index contributed by atoms with van der Waals surface area (Å²) in [6.07, 6.45) is 0. The summed E-state index contributed by atoms with van der Waals surface area (Å²) < 4.78 is 23.4. The summed E-state index contributed by atoms with van der Waals surface area (Å²) >= 11 is 0. The van der Waals surface area contributed by atoms with E-state index in [-0.39, 0.29) is 18.1 Å². The summed E-state index contributed by atoms with van der Waals surface area (Å²) in [4.78, 5) is 0. The largest absolute Gasteiger partial charge is 0.449 e. The lowest BCUT2D eigenvalue weighted by Crippen LogP contribution is -1.96. The van der Waals surface area contributed by atoms with Gasteiger partial charge in [-0.15, -0.1) is 0 Å². The number of hydrogen-bond acceptors (Lipinski definition) is 4. The normalized spacial score (nSPS) is 11.5. The van der Waals surface area contributed by atoms with Crippen molar-refractivity contribution in [2.75, 3.05) is 0 Å². The fourth-order valence-electron chi connectivity index (χ4n) is 3.52. The van der Waals surface area contributed by atoms with E-state index in [0.717, 1.165) is 44.9 Å². The van der Waals surface area contributed by atoms with Crippen LogP contribution in [-0.2, 0) is 22.3 Å². The lowest BCUT2D eigenvalue weighted by atomic mass is 9.96. The number of aryl methyl sites for hydroxylation is 2. The molecule has 6 heteroatoms. The van der Waals surface area contributed by atoms with Gasteiger partial charge in [0.1, 0.15) is 11.5 Å². The molecule has 0 heterocycles. The van der Waals surface area contributed by atoms with Crippen molar-refractivity contribution in [3.05, 3.63) is 119 Å². The maximum atomic E-state index is 5.90. The Labute approximate surface area is 205 Å². The van der Waals surface area contributed by atoms with Crippen LogP contribution in [0.1, 0.15) is 22.3 Å². The molecule has 4 aromatic carbocycles. The number of hydrogen-bond donors (Lipinski definition) is 0. The van der Waals surface area contributed by atoms with E-state index in [2.05, 4.69) is 24.3 Å². The molecule has 0 N–H and O–H groups in total. The van der Waals surface area contributed by atoms with Gasteiger partial charge in [0.25, 0.3) is 0 Å². The molecule has 0 bridgehead atoms. The van der Waals surface area contributed by atoms with Crippen molar-refractivity contribution in [2.45, 2.75) is 27.1 Å². The van der Waals surface area contributed by atoms with Gasteiger partial charge >= 0.3 is 0 Å². The topological polar surface area (TPSA) is 36.9 Å². The first-order chi connectivity index (χ1) is 16.7. The Morgan fingerprint density at radius 2 is 0.882 bits per heavy atom. The highest BCUT2D eigenvalue weighted by Crippen LogP contribution is 2.32. The fourth-order valence-corrected chi connectivity index (χ4v) is 4.71. The summed E-state index contributed by atoms with van der Waals surface area (Å²) in [6.45, 7) is 4.99. The fraction of sp³-hybridized carbons (Fsp3) is 0.143. The molecule has 0 aliphatic carbocycles. The van der Waals surface area contributed by atoms with Crippen LogP contribution in [0.5, 0.6) is 11.5 Å². The van der Waals surface area contributed by atoms with Gasteiger partial charge in [-0.3, -0.25) is 0 Å². The van der Waals surface area contributed by atoms with Crippen LogP contribution in [0.4, 0.5) is 0 Å². The lowest BCUT2D eigenvalue weighted by molar-refractivity contribution is 0.317. The standard InChI is InChI=1S/C28H28O4P2/c1-21-11-3-9-17-27(21)31-33-29-19-23-13-5-7-15-25(23)26-16-8-6-14-24(26)20-30-34-32-28-18-10-4-12-22(28)2/h3-18,33-34H,19-20H2,1-2H3. The quantitative estimate of drug-likeness (QED) is 0.157. The zero-order chi connectivity index (χ0) is 23.6. The Kier molecular flexibility index (Phi) is 9.07. The molecular weight excluding hydrogens is 462 g/mol. The Morgan fingerprint density at radius 3 is 1.32 bits per heavy atom. The highest BCUT2D eigenvalue weighted by molar-refractivity contribution is 7.26. The van der Waals surface area contributed by atoms with E-state index >= 15 is 0 Å². The van der Waals surface area contributed by atoms with E-state index in [1.165, 1.54) is 0 Å². The molecule has 4 rings (SSSR count). The summed E-state index contributed by atoms with van der Waals surface area (Å²) in [5.41, 5.74) is 6.67. The summed E-state index contributed by atoms with van der Waals surface area (Å²) in [6, 6.07) is 32.5. The molecule has 0 saturated carbocycles. The molecule has 0 aromatic heterocycles. The van der Waals surface area contributed by atoms with Gasteiger partial charge in [0.15, 0.2) is 0 Å². The van der Waals surface area contributed by atoms with Gasteiger partial charge in [0.2, 0.25) is 18.1 Å². The summed E-state index contributed by atoms with van der Waals surface area (Å²) in [5, 5.41) is 0. The third kappa shape index (κ3) is 6.65. The van der Waals surface area contributed by atoms with Gasteiger partial charge in [-0.05, 0) is 59.4 Å². The maximum Gasteiger partial charge on any atom is 0.215 e. The van der Waals surface area contributed by atoms with Crippen LogP contribution in [-0.4, -0.2) is 0 Å². The van der Waals surface area contributed by atoms with Gasteiger partial charge in [0, 0.05) is 0 Å². The van der Waals surface area contributed by atoms with Crippen LogP contribution in [0, 0.1) is 13.8 Å². The average molecular weight is 490 g/mol. The number of benzene rings is 4. The van der Waals surface area contributed by atoms with Gasteiger partial charge in [-0.1, -0.05) is 84.9 Å². The van der Waals surface area contributed by atoms with Crippen molar-refractivity contribution in [2.24, 2.45) is 0 Å². The smallest absolute Gasteiger partial charge is 0.215 e. The molecule has 0 saturated heterocycles. The molecule has 34 heavy (non-hydrogen) atoms. The highest BCUT2D eigenvalue weighted by Gasteiger charge is 2.10. The number of para-hydroxylation sites is 2. The Hall–Kier alpha value is -2.74. The van der Waals surface area contributed by atoms with Crippen molar-refractivity contribution in [3.63, 3.8) is 0 Å². The molecule has 0 fully saturated rings. The molecule has 2 atom stereocenters. The second-order valence-electron chi connectivity index (χ2n) is 7.79. The van der Waals surface area contributed by atoms with Crippen LogP contribution in [0.15, 0.2) is 97.1 Å². The maximum absolute atomic E-state index is 5.90. The Balaban J connectivity index is 1.37. The van der Waals surface area contributed by atoms with E-state index in [1.807, 2.05) is 86.6 Å². The first-order valence-corrected chi connectivity index (χ1v) is 12.7. The SMILES string of the molecule is Cc1ccccc1OPOCc1ccccc1-c1ccccc1COPOc1ccccc1C. The average Bonchev–Trinajstić information content (AvgIpc) is 2.87. The molecule has 4 aromatic rings. The van der Waals surface area contributed by atoms with Crippen molar-refractivity contribution < 1.29 is 18.1 Å². The van der Waals surface area contributed by atoms with E-state index in [4.69, 9.17) is 18.1 Å². The molecule has 0 spiro atoms. The first kappa shape index (κ1) is 24.4. The molecule has 4 nitrogen and oxygen atoms in total. The van der Waals surface area contributed by atoms with E-state index in [0.29, 0.717) is 13.2 Å². The van der Waals surface area contributed by atoms with Crippen LogP contribution in [0.2, 0.25) is 0 Å². The summed E-state index contributed by atoms with van der Waals surface area (Å²) in [7, 11) is -0.144. The predicted molar refractivity (Wildman–Crippen MR) is 142 cm³/mol.